The molecule has 0 saturated carbocycles. The number of hydrogen-bond donors (Lipinski definition) is 1. The summed E-state index contributed by atoms with van der Waals surface area (Å²) in [5, 5.41) is 11.2. The van der Waals surface area contributed by atoms with Crippen LogP contribution in [0.15, 0.2) is 35.2 Å². The Hall–Kier alpha value is -1.72. The maximum absolute atomic E-state index is 12.0. The summed E-state index contributed by atoms with van der Waals surface area (Å²) in [5.41, 5.74) is 4.38. The van der Waals surface area contributed by atoms with Gasteiger partial charge in [-0.25, -0.2) is 4.98 Å². The van der Waals surface area contributed by atoms with Crippen LogP contribution in [-0.4, -0.2) is 40.1 Å². The number of carbonyl (C=O) groups is 1. The summed E-state index contributed by atoms with van der Waals surface area (Å²) in [6.45, 7) is 0.874. The van der Waals surface area contributed by atoms with E-state index in [4.69, 9.17) is 0 Å². The van der Waals surface area contributed by atoms with Gasteiger partial charge in [0.25, 0.3) is 5.91 Å². The Kier molecular flexibility index (Phi) is 2.85. The van der Waals surface area contributed by atoms with Gasteiger partial charge in [0.05, 0.1) is 17.3 Å². The molecule has 2 aromatic rings. The highest BCUT2D eigenvalue weighted by Crippen LogP contribution is 2.20. The Bertz CT molecular complexity index is 545. The lowest BCUT2D eigenvalue weighted by molar-refractivity contribution is 0.00590. The summed E-state index contributed by atoms with van der Waals surface area (Å²) in [6.07, 6.45) is -0.358. The third-order valence-corrected chi connectivity index (χ3v) is 3.60. The van der Waals surface area contributed by atoms with E-state index < -0.39 is 0 Å². The number of benzene rings is 1. The van der Waals surface area contributed by atoms with Crippen LogP contribution < -0.4 is 0 Å². The zero-order valence-corrected chi connectivity index (χ0v) is 10.4. The number of likely N-dealkylation sites (tertiary alicyclic amines) is 1. The number of amides is 1. The zero-order valence-electron chi connectivity index (χ0n) is 9.61. The maximum atomic E-state index is 12.0. The Morgan fingerprint density at radius 1 is 1.33 bits per heavy atom. The van der Waals surface area contributed by atoms with Crippen molar-refractivity contribution in [3.63, 3.8) is 0 Å². The predicted octanol–water partition coefficient (Wildman–Crippen LogP) is 1.63. The first-order chi connectivity index (χ1) is 8.74. The van der Waals surface area contributed by atoms with Crippen molar-refractivity contribution in [2.45, 2.75) is 6.10 Å². The molecule has 92 valence electrons. The number of β-amino-alcohol motifs (C(OH)–C–C–N with tert-alkyl or cyclic N) is 1. The summed E-state index contributed by atoms with van der Waals surface area (Å²) in [7, 11) is 0. The number of carbonyl (C=O) groups excluding carboxylic acids is 1. The van der Waals surface area contributed by atoms with Crippen molar-refractivity contribution in [2.75, 3.05) is 13.1 Å². The molecule has 0 aliphatic carbocycles. The van der Waals surface area contributed by atoms with Gasteiger partial charge < -0.3 is 10.0 Å². The molecule has 4 nitrogen and oxygen atoms in total. The largest absolute Gasteiger partial charge is 0.389 e. The highest BCUT2D eigenvalue weighted by atomic mass is 32.1. The van der Waals surface area contributed by atoms with E-state index in [0.717, 1.165) is 11.3 Å². The second-order valence-corrected chi connectivity index (χ2v) is 5.03. The van der Waals surface area contributed by atoms with Crippen LogP contribution in [-0.2, 0) is 0 Å². The number of aliphatic hydroxyl groups excluding tert-OH is 1. The normalized spacial score (nSPS) is 15.5. The minimum absolute atomic E-state index is 0.0230. The van der Waals surface area contributed by atoms with Crippen molar-refractivity contribution in [1.29, 1.82) is 0 Å². The quantitative estimate of drug-likeness (QED) is 0.893. The number of hydrogen-bond acceptors (Lipinski definition) is 4. The van der Waals surface area contributed by atoms with Crippen molar-refractivity contribution in [1.82, 2.24) is 9.88 Å². The molecule has 1 aromatic heterocycles. The Morgan fingerprint density at radius 2 is 2.06 bits per heavy atom. The van der Waals surface area contributed by atoms with E-state index in [2.05, 4.69) is 4.98 Å². The van der Waals surface area contributed by atoms with Crippen molar-refractivity contribution in [3.8, 4) is 11.3 Å². The topological polar surface area (TPSA) is 53.4 Å². The van der Waals surface area contributed by atoms with E-state index in [1.54, 1.807) is 21.7 Å². The van der Waals surface area contributed by atoms with Gasteiger partial charge in [0, 0.05) is 29.6 Å². The second-order valence-electron chi connectivity index (χ2n) is 4.31. The Balaban J connectivity index is 1.77. The molecule has 1 N–H and O–H groups in total. The number of thiazole rings is 1. The Morgan fingerprint density at radius 3 is 2.61 bits per heavy atom. The third kappa shape index (κ3) is 2.02. The minimum atomic E-state index is -0.358. The minimum Gasteiger partial charge on any atom is -0.389 e. The van der Waals surface area contributed by atoms with Gasteiger partial charge in [-0.15, -0.1) is 11.3 Å². The first-order valence-electron chi connectivity index (χ1n) is 5.70. The molecule has 0 bridgehead atoms. The van der Waals surface area contributed by atoms with E-state index >= 15 is 0 Å². The molecule has 1 aliphatic rings. The molecule has 18 heavy (non-hydrogen) atoms. The summed E-state index contributed by atoms with van der Waals surface area (Å²) in [5.74, 6) is -0.0230. The highest BCUT2D eigenvalue weighted by molar-refractivity contribution is 7.07. The molecule has 2 heterocycles. The third-order valence-electron chi connectivity index (χ3n) is 3.01. The second kappa shape index (κ2) is 4.51. The SMILES string of the molecule is O=C(c1ccc(-c2cscn2)cc1)N1CC(O)C1. The lowest BCUT2D eigenvalue weighted by Gasteiger charge is -2.35. The van der Waals surface area contributed by atoms with E-state index in [1.807, 2.05) is 29.6 Å². The lowest BCUT2D eigenvalue weighted by atomic mass is 10.1. The van der Waals surface area contributed by atoms with Crippen molar-refractivity contribution >= 4 is 17.2 Å². The zero-order chi connectivity index (χ0) is 12.5. The van der Waals surface area contributed by atoms with Crippen LogP contribution in [0.3, 0.4) is 0 Å². The summed E-state index contributed by atoms with van der Waals surface area (Å²) >= 11 is 1.55. The van der Waals surface area contributed by atoms with Crippen molar-refractivity contribution in [3.05, 3.63) is 40.7 Å². The summed E-state index contributed by atoms with van der Waals surface area (Å²) < 4.78 is 0. The highest BCUT2D eigenvalue weighted by Gasteiger charge is 2.29. The average Bonchev–Trinajstić information content (AvgIpc) is 2.88. The summed E-state index contributed by atoms with van der Waals surface area (Å²) in [6, 6.07) is 7.42. The first kappa shape index (κ1) is 11.4. The monoisotopic (exact) mass is 260 g/mol. The summed E-state index contributed by atoms with van der Waals surface area (Å²) in [4.78, 5) is 17.8. The van der Waals surface area contributed by atoms with E-state index in [1.165, 1.54) is 0 Å². The van der Waals surface area contributed by atoms with E-state index in [-0.39, 0.29) is 12.0 Å². The van der Waals surface area contributed by atoms with Crippen LogP contribution in [0.1, 0.15) is 10.4 Å². The fraction of sp³-hybridized carbons (Fsp3) is 0.231. The van der Waals surface area contributed by atoms with Crippen LogP contribution in [0.5, 0.6) is 0 Å². The van der Waals surface area contributed by atoms with Crippen LogP contribution in [0, 0.1) is 0 Å². The van der Waals surface area contributed by atoms with Gasteiger partial charge in [-0.2, -0.15) is 0 Å². The smallest absolute Gasteiger partial charge is 0.254 e. The van der Waals surface area contributed by atoms with Crippen LogP contribution >= 0.6 is 11.3 Å². The van der Waals surface area contributed by atoms with Crippen molar-refractivity contribution < 1.29 is 9.90 Å². The number of rotatable bonds is 2. The number of aromatic nitrogens is 1. The van der Waals surface area contributed by atoms with Gasteiger partial charge in [-0.1, -0.05) is 12.1 Å². The maximum Gasteiger partial charge on any atom is 0.254 e. The van der Waals surface area contributed by atoms with Gasteiger partial charge in [0.15, 0.2) is 0 Å². The standard InChI is InChI=1S/C13H12N2O2S/c16-11-5-15(6-11)13(17)10-3-1-9(2-4-10)12-7-18-8-14-12/h1-4,7-8,11,16H,5-6H2. The molecule has 3 rings (SSSR count). The molecule has 5 heteroatoms. The molecule has 1 amide bonds. The molecule has 1 saturated heterocycles. The Labute approximate surface area is 109 Å². The fourth-order valence-corrected chi connectivity index (χ4v) is 2.50. The van der Waals surface area contributed by atoms with Gasteiger partial charge >= 0.3 is 0 Å². The lowest BCUT2D eigenvalue weighted by Crippen LogP contribution is -2.53. The van der Waals surface area contributed by atoms with Gasteiger partial charge in [0.2, 0.25) is 0 Å². The molecule has 0 radical (unpaired) electrons. The molecule has 0 spiro atoms. The van der Waals surface area contributed by atoms with Gasteiger partial charge in [-0.3, -0.25) is 4.79 Å². The van der Waals surface area contributed by atoms with Gasteiger partial charge in [0.1, 0.15) is 0 Å². The first-order valence-corrected chi connectivity index (χ1v) is 6.64. The van der Waals surface area contributed by atoms with Crippen LogP contribution in [0.4, 0.5) is 0 Å². The fourth-order valence-electron chi connectivity index (χ4n) is 1.94. The molecule has 1 fully saturated rings. The van der Waals surface area contributed by atoms with Gasteiger partial charge in [-0.05, 0) is 12.1 Å². The molecule has 1 aliphatic heterocycles. The van der Waals surface area contributed by atoms with Crippen LogP contribution in [0.25, 0.3) is 11.3 Å². The molecular weight excluding hydrogens is 248 g/mol. The number of nitrogens with zero attached hydrogens (tertiary/aromatic N) is 2. The van der Waals surface area contributed by atoms with E-state index in [0.29, 0.717) is 18.7 Å². The average molecular weight is 260 g/mol. The molecule has 0 unspecified atom stereocenters. The molecule has 0 atom stereocenters. The predicted molar refractivity (Wildman–Crippen MR) is 69.5 cm³/mol. The van der Waals surface area contributed by atoms with Crippen molar-refractivity contribution in [2.24, 2.45) is 0 Å². The molecular formula is C13H12N2O2S. The van der Waals surface area contributed by atoms with Crippen LogP contribution in [0.2, 0.25) is 0 Å². The van der Waals surface area contributed by atoms with E-state index in [9.17, 15) is 9.90 Å². The molecule has 1 aromatic carbocycles. The number of aliphatic hydroxyl groups is 1.